The Balaban J connectivity index is 1.59. The van der Waals surface area contributed by atoms with Crippen molar-refractivity contribution in [2.75, 3.05) is 0 Å². The van der Waals surface area contributed by atoms with Crippen LogP contribution in [0.3, 0.4) is 0 Å². The van der Waals surface area contributed by atoms with Crippen molar-refractivity contribution in [3.05, 3.63) is 58.6 Å². The Kier molecular flexibility index (Phi) is 3.19. The van der Waals surface area contributed by atoms with Gasteiger partial charge in [-0.05, 0) is 37.1 Å². The van der Waals surface area contributed by atoms with Crippen LogP contribution in [-0.4, -0.2) is 10.9 Å². The van der Waals surface area contributed by atoms with Crippen molar-refractivity contribution in [2.45, 2.75) is 25.3 Å². The molecule has 0 saturated carbocycles. The largest absolute Gasteiger partial charge is 0.469 e. The van der Waals surface area contributed by atoms with Gasteiger partial charge < -0.3 is 14.7 Å². The van der Waals surface area contributed by atoms with Crippen molar-refractivity contribution in [2.24, 2.45) is 0 Å². The van der Waals surface area contributed by atoms with E-state index in [4.69, 9.17) is 16.0 Å². The maximum absolute atomic E-state index is 12.5. The molecule has 1 aliphatic rings. The summed E-state index contributed by atoms with van der Waals surface area (Å²) < 4.78 is 5.46. The summed E-state index contributed by atoms with van der Waals surface area (Å²) in [4.78, 5) is 15.6. The van der Waals surface area contributed by atoms with E-state index in [0.717, 1.165) is 41.5 Å². The number of nitrogens with one attached hydrogen (secondary N) is 2. The molecule has 0 fully saturated rings. The molecule has 1 atom stereocenters. The van der Waals surface area contributed by atoms with Crippen molar-refractivity contribution in [3.8, 4) is 0 Å². The summed E-state index contributed by atoms with van der Waals surface area (Å²) >= 11 is 5.98. The second kappa shape index (κ2) is 5.21. The second-order valence-corrected chi connectivity index (χ2v) is 6.07. The van der Waals surface area contributed by atoms with Crippen LogP contribution < -0.4 is 5.32 Å². The summed E-state index contributed by atoms with van der Waals surface area (Å²) in [5.41, 5.74) is 2.51. The molecule has 5 heteroatoms. The first-order chi connectivity index (χ1) is 10.7. The molecule has 4 rings (SSSR count). The number of H-pyrrole nitrogens is 1. The Morgan fingerprint density at radius 1 is 1.32 bits per heavy atom. The zero-order valence-corrected chi connectivity index (χ0v) is 12.6. The monoisotopic (exact) mass is 314 g/mol. The number of aromatic amines is 1. The fourth-order valence-electron chi connectivity index (χ4n) is 3.09. The summed E-state index contributed by atoms with van der Waals surface area (Å²) in [6, 6.07) is 9.36. The summed E-state index contributed by atoms with van der Waals surface area (Å²) in [5.74, 6) is 0.881. The average molecular weight is 315 g/mol. The van der Waals surface area contributed by atoms with Crippen LogP contribution in [0.1, 0.15) is 40.7 Å². The molecule has 2 heterocycles. The molecule has 0 aliphatic heterocycles. The first-order valence-corrected chi connectivity index (χ1v) is 7.74. The fourth-order valence-corrected chi connectivity index (χ4v) is 3.27. The van der Waals surface area contributed by atoms with Gasteiger partial charge in [-0.15, -0.1) is 0 Å². The number of hydrogen-bond donors (Lipinski definition) is 2. The number of amides is 1. The molecule has 0 radical (unpaired) electrons. The van der Waals surface area contributed by atoms with Crippen LogP contribution in [0.4, 0.5) is 0 Å². The molecule has 22 heavy (non-hydrogen) atoms. The van der Waals surface area contributed by atoms with Crippen molar-refractivity contribution in [3.63, 3.8) is 0 Å². The van der Waals surface area contributed by atoms with Crippen LogP contribution in [0.2, 0.25) is 5.02 Å². The van der Waals surface area contributed by atoms with E-state index >= 15 is 0 Å². The van der Waals surface area contributed by atoms with Gasteiger partial charge in [-0.1, -0.05) is 17.7 Å². The van der Waals surface area contributed by atoms with Crippen molar-refractivity contribution in [1.82, 2.24) is 10.3 Å². The van der Waals surface area contributed by atoms with Crippen molar-refractivity contribution >= 4 is 28.4 Å². The van der Waals surface area contributed by atoms with Gasteiger partial charge in [0.05, 0.1) is 12.3 Å². The fraction of sp³-hybridized carbons (Fsp3) is 0.235. The SMILES string of the molecule is O=C(NC1CCCc2occc21)c1cc2ccc(Cl)cc2[nH]1. The van der Waals surface area contributed by atoms with Gasteiger partial charge in [-0.25, -0.2) is 0 Å². The molecular formula is C17H15ClN2O2. The molecule has 4 nitrogen and oxygen atoms in total. The van der Waals surface area contributed by atoms with Gasteiger partial charge in [0.25, 0.3) is 5.91 Å². The third-order valence-corrected chi connectivity index (χ3v) is 4.42. The third-order valence-electron chi connectivity index (χ3n) is 4.19. The van der Waals surface area contributed by atoms with E-state index < -0.39 is 0 Å². The van der Waals surface area contributed by atoms with Crippen LogP contribution in [-0.2, 0) is 6.42 Å². The number of halogens is 1. The topological polar surface area (TPSA) is 58.0 Å². The molecular weight excluding hydrogens is 300 g/mol. The molecule has 0 spiro atoms. The highest BCUT2D eigenvalue weighted by Crippen LogP contribution is 2.30. The van der Waals surface area contributed by atoms with Gasteiger partial charge in [0.1, 0.15) is 11.5 Å². The number of rotatable bonds is 2. The first-order valence-electron chi connectivity index (χ1n) is 7.36. The predicted octanol–water partition coefficient (Wildman–Crippen LogP) is 4.22. The van der Waals surface area contributed by atoms with Gasteiger partial charge in [0, 0.05) is 27.9 Å². The van der Waals surface area contributed by atoms with E-state index in [2.05, 4.69) is 10.3 Å². The summed E-state index contributed by atoms with van der Waals surface area (Å²) in [7, 11) is 0. The molecule has 1 unspecified atom stereocenters. The highest BCUT2D eigenvalue weighted by molar-refractivity contribution is 6.31. The maximum atomic E-state index is 12.5. The van der Waals surface area contributed by atoms with E-state index in [1.54, 1.807) is 6.26 Å². The Morgan fingerprint density at radius 2 is 2.23 bits per heavy atom. The van der Waals surface area contributed by atoms with Crippen LogP contribution in [0.15, 0.2) is 41.0 Å². The minimum atomic E-state index is -0.105. The number of furan rings is 1. The lowest BCUT2D eigenvalue weighted by Crippen LogP contribution is -2.30. The predicted molar refractivity (Wildman–Crippen MR) is 85.2 cm³/mol. The number of aryl methyl sites for hydroxylation is 1. The minimum absolute atomic E-state index is 0.0185. The number of benzene rings is 1. The molecule has 112 valence electrons. The normalized spacial score (nSPS) is 17.4. The Hall–Kier alpha value is -2.20. The van der Waals surface area contributed by atoms with Gasteiger partial charge in [0.2, 0.25) is 0 Å². The molecule has 2 N–H and O–H groups in total. The highest BCUT2D eigenvalue weighted by atomic mass is 35.5. The smallest absolute Gasteiger partial charge is 0.268 e. The van der Waals surface area contributed by atoms with Crippen LogP contribution in [0.25, 0.3) is 10.9 Å². The van der Waals surface area contributed by atoms with E-state index in [9.17, 15) is 4.79 Å². The van der Waals surface area contributed by atoms with Gasteiger partial charge >= 0.3 is 0 Å². The molecule has 1 aromatic carbocycles. The summed E-state index contributed by atoms with van der Waals surface area (Å²) in [6.07, 6.45) is 4.60. The maximum Gasteiger partial charge on any atom is 0.268 e. The lowest BCUT2D eigenvalue weighted by atomic mass is 9.93. The summed E-state index contributed by atoms with van der Waals surface area (Å²) in [6.45, 7) is 0. The van der Waals surface area contributed by atoms with Crippen LogP contribution >= 0.6 is 11.6 Å². The third kappa shape index (κ3) is 2.29. The highest BCUT2D eigenvalue weighted by Gasteiger charge is 2.24. The molecule has 0 bridgehead atoms. The van der Waals surface area contributed by atoms with Crippen molar-refractivity contribution < 1.29 is 9.21 Å². The van der Waals surface area contributed by atoms with Crippen molar-refractivity contribution in [1.29, 1.82) is 0 Å². The Bertz CT molecular complexity index is 849. The van der Waals surface area contributed by atoms with Gasteiger partial charge in [0.15, 0.2) is 0 Å². The molecule has 1 amide bonds. The average Bonchev–Trinajstić information content (AvgIpc) is 3.13. The number of carbonyl (C=O) groups excluding carboxylic acids is 1. The molecule has 2 aromatic heterocycles. The Morgan fingerprint density at radius 3 is 3.14 bits per heavy atom. The first kappa shape index (κ1) is 13.5. The zero-order chi connectivity index (χ0) is 15.1. The number of fused-ring (bicyclic) bond motifs is 2. The minimum Gasteiger partial charge on any atom is -0.469 e. The van der Waals surface area contributed by atoms with Gasteiger partial charge in [-0.3, -0.25) is 4.79 Å². The quantitative estimate of drug-likeness (QED) is 0.744. The molecule has 0 saturated heterocycles. The lowest BCUT2D eigenvalue weighted by Gasteiger charge is -2.22. The molecule has 3 aromatic rings. The number of carbonyl (C=O) groups is 1. The summed E-state index contributed by atoms with van der Waals surface area (Å²) in [5, 5.41) is 4.71. The van der Waals surface area contributed by atoms with Gasteiger partial charge in [-0.2, -0.15) is 0 Å². The van der Waals surface area contributed by atoms with E-state index in [1.807, 2.05) is 30.3 Å². The lowest BCUT2D eigenvalue weighted by molar-refractivity contribution is 0.0928. The van der Waals surface area contributed by atoms with E-state index in [0.29, 0.717) is 10.7 Å². The second-order valence-electron chi connectivity index (χ2n) is 5.63. The zero-order valence-electron chi connectivity index (χ0n) is 11.9. The molecule has 1 aliphatic carbocycles. The van der Waals surface area contributed by atoms with E-state index in [-0.39, 0.29) is 11.9 Å². The Labute approximate surface area is 132 Å². The standard InChI is InChI=1S/C17H15ClN2O2/c18-11-5-4-10-8-15(19-14(10)9-11)17(21)20-13-2-1-3-16-12(13)6-7-22-16/h4-9,13,19H,1-3H2,(H,20,21). The van der Waals surface area contributed by atoms with E-state index in [1.165, 1.54) is 0 Å². The number of hydrogen-bond acceptors (Lipinski definition) is 2. The number of aromatic nitrogens is 1. The van der Waals surface area contributed by atoms with Crippen LogP contribution in [0.5, 0.6) is 0 Å². The van der Waals surface area contributed by atoms with Crippen LogP contribution in [0, 0.1) is 0 Å².